The Bertz CT molecular complexity index is 298. The van der Waals surface area contributed by atoms with Crippen molar-refractivity contribution in [1.29, 1.82) is 0 Å². The van der Waals surface area contributed by atoms with Gasteiger partial charge in [-0.1, -0.05) is 0 Å². The number of amides is 1. The molecule has 72 valence electrons. The molecular weight excluding hydrogens is 252 g/mol. The minimum atomic E-state index is -0.0375. The number of hydrogen-bond acceptors (Lipinski definition) is 3. The minimum Gasteiger partial charge on any atom is -0.284 e. The topological polar surface area (TPSA) is 46.3 Å². The summed E-state index contributed by atoms with van der Waals surface area (Å²) in [4.78, 5) is 12.3. The molecule has 3 nitrogen and oxygen atoms in total. The van der Waals surface area contributed by atoms with E-state index in [9.17, 15) is 4.79 Å². The zero-order chi connectivity index (χ0) is 9.84. The number of halogens is 1. The van der Waals surface area contributed by atoms with Crippen LogP contribution in [-0.4, -0.2) is 18.0 Å². The summed E-state index contributed by atoms with van der Waals surface area (Å²) in [6.45, 7) is 0. The first-order chi connectivity index (χ1) is 6.09. The quantitative estimate of drug-likeness (QED) is 0.513. The summed E-state index contributed by atoms with van der Waals surface area (Å²) in [5, 5.41) is 1.13. The van der Waals surface area contributed by atoms with Crippen molar-refractivity contribution in [1.82, 2.24) is 5.01 Å². The van der Waals surface area contributed by atoms with Crippen molar-refractivity contribution in [2.45, 2.75) is 12.8 Å². The highest BCUT2D eigenvalue weighted by molar-refractivity contribution is 9.11. The lowest BCUT2D eigenvalue weighted by Gasteiger charge is -2.08. The number of nitrogens with zero attached hydrogens (tertiary/aromatic N) is 1. The van der Waals surface area contributed by atoms with E-state index in [2.05, 4.69) is 15.9 Å². The van der Waals surface area contributed by atoms with Crippen LogP contribution in [0.2, 0.25) is 0 Å². The molecule has 1 aromatic heterocycles. The predicted molar refractivity (Wildman–Crippen MR) is 57.3 cm³/mol. The second kappa shape index (κ2) is 4.74. The van der Waals surface area contributed by atoms with Gasteiger partial charge in [-0.05, 0) is 34.5 Å². The maximum Gasteiger partial charge on any atom is 0.236 e. The van der Waals surface area contributed by atoms with Crippen LogP contribution in [0.1, 0.15) is 11.3 Å². The lowest BCUT2D eigenvalue weighted by atomic mass is 10.2. The van der Waals surface area contributed by atoms with Crippen LogP contribution in [0.4, 0.5) is 0 Å². The lowest BCUT2D eigenvalue weighted by Crippen LogP contribution is -2.33. The number of aryl methyl sites for hydroxylation is 1. The number of rotatable bonds is 3. The molecule has 0 aliphatic rings. The van der Waals surface area contributed by atoms with Gasteiger partial charge in [-0.3, -0.25) is 9.80 Å². The smallest absolute Gasteiger partial charge is 0.236 e. The Morgan fingerprint density at radius 1 is 1.69 bits per heavy atom. The van der Waals surface area contributed by atoms with E-state index in [0.29, 0.717) is 6.42 Å². The van der Waals surface area contributed by atoms with Gasteiger partial charge < -0.3 is 0 Å². The van der Waals surface area contributed by atoms with E-state index < -0.39 is 0 Å². The number of hydrazine groups is 1. The molecular formula is C8H11BrN2OS. The number of carbonyl (C=O) groups excluding carboxylic acids is 1. The number of hydrogen-bond donors (Lipinski definition) is 1. The maximum atomic E-state index is 11.1. The zero-order valence-electron chi connectivity index (χ0n) is 7.29. The van der Waals surface area contributed by atoms with Crippen molar-refractivity contribution < 1.29 is 4.79 Å². The second-order valence-electron chi connectivity index (χ2n) is 2.71. The molecule has 0 aromatic carbocycles. The summed E-state index contributed by atoms with van der Waals surface area (Å²) in [6, 6.07) is 4.00. The normalized spacial score (nSPS) is 10.1. The summed E-state index contributed by atoms with van der Waals surface area (Å²) in [6.07, 6.45) is 1.23. The van der Waals surface area contributed by atoms with Crippen LogP contribution in [0.5, 0.6) is 0 Å². The standard InChI is InChI=1S/C8H11BrN2OS/c1-11(10)8(12)5-3-6-2-4-7(9)13-6/h2,4H,3,5,10H2,1H3. The lowest BCUT2D eigenvalue weighted by molar-refractivity contribution is -0.130. The Morgan fingerprint density at radius 2 is 2.38 bits per heavy atom. The maximum absolute atomic E-state index is 11.1. The molecule has 0 spiro atoms. The van der Waals surface area contributed by atoms with Gasteiger partial charge in [0.15, 0.2) is 0 Å². The average Bonchev–Trinajstić information content (AvgIpc) is 2.47. The Morgan fingerprint density at radius 3 is 2.85 bits per heavy atom. The van der Waals surface area contributed by atoms with Crippen molar-refractivity contribution in [3.05, 3.63) is 20.8 Å². The molecule has 1 rings (SSSR count). The molecule has 0 radical (unpaired) electrons. The predicted octanol–water partition coefficient (Wildman–Crippen LogP) is 1.78. The molecule has 1 aromatic rings. The van der Waals surface area contributed by atoms with Crippen LogP contribution in [-0.2, 0) is 11.2 Å². The molecule has 0 saturated carbocycles. The van der Waals surface area contributed by atoms with E-state index >= 15 is 0 Å². The van der Waals surface area contributed by atoms with Crippen LogP contribution in [0.25, 0.3) is 0 Å². The van der Waals surface area contributed by atoms with E-state index in [-0.39, 0.29) is 5.91 Å². The summed E-state index contributed by atoms with van der Waals surface area (Å²) >= 11 is 5.01. The van der Waals surface area contributed by atoms with E-state index in [0.717, 1.165) is 15.2 Å². The fraction of sp³-hybridized carbons (Fsp3) is 0.375. The van der Waals surface area contributed by atoms with Crippen LogP contribution in [0.3, 0.4) is 0 Å². The molecule has 0 bridgehead atoms. The van der Waals surface area contributed by atoms with Gasteiger partial charge in [-0.15, -0.1) is 11.3 Å². The number of nitrogens with two attached hydrogens (primary N) is 1. The summed E-state index contributed by atoms with van der Waals surface area (Å²) in [5.41, 5.74) is 0. The molecule has 1 amide bonds. The first kappa shape index (κ1) is 10.7. The average molecular weight is 263 g/mol. The summed E-state index contributed by atoms with van der Waals surface area (Å²) in [5.74, 6) is 5.25. The summed E-state index contributed by atoms with van der Waals surface area (Å²) in [7, 11) is 1.56. The zero-order valence-corrected chi connectivity index (χ0v) is 9.69. The monoisotopic (exact) mass is 262 g/mol. The molecule has 0 aliphatic heterocycles. The fourth-order valence-electron chi connectivity index (χ4n) is 0.893. The SMILES string of the molecule is CN(N)C(=O)CCc1ccc(Br)s1. The first-order valence-corrected chi connectivity index (χ1v) is 5.46. The van der Waals surface area contributed by atoms with Gasteiger partial charge in [-0.2, -0.15) is 0 Å². The summed E-state index contributed by atoms with van der Waals surface area (Å²) < 4.78 is 1.09. The third kappa shape index (κ3) is 3.46. The van der Waals surface area contributed by atoms with Crippen molar-refractivity contribution in [3.63, 3.8) is 0 Å². The van der Waals surface area contributed by atoms with Crippen LogP contribution >= 0.6 is 27.3 Å². The molecule has 0 atom stereocenters. The Labute approximate surface area is 89.6 Å². The van der Waals surface area contributed by atoms with E-state index in [1.165, 1.54) is 4.88 Å². The minimum absolute atomic E-state index is 0.0375. The van der Waals surface area contributed by atoms with Crippen molar-refractivity contribution >= 4 is 33.2 Å². The molecule has 13 heavy (non-hydrogen) atoms. The molecule has 0 fully saturated rings. The fourth-order valence-corrected chi connectivity index (χ4v) is 2.38. The van der Waals surface area contributed by atoms with Gasteiger partial charge in [0.05, 0.1) is 3.79 Å². The molecule has 0 unspecified atom stereocenters. The van der Waals surface area contributed by atoms with Crippen molar-refractivity contribution in [2.24, 2.45) is 5.84 Å². The van der Waals surface area contributed by atoms with Gasteiger partial charge >= 0.3 is 0 Å². The molecule has 1 heterocycles. The second-order valence-corrected chi connectivity index (χ2v) is 5.26. The number of carbonyl (C=O) groups is 1. The van der Waals surface area contributed by atoms with E-state index in [1.54, 1.807) is 18.4 Å². The van der Waals surface area contributed by atoms with Gasteiger partial charge in [0.1, 0.15) is 0 Å². The highest BCUT2D eigenvalue weighted by Crippen LogP contribution is 2.22. The molecule has 0 saturated heterocycles. The first-order valence-electron chi connectivity index (χ1n) is 3.85. The van der Waals surface area contributed by atoms with Gasteiger partial charge in [0, 0.05) is 18.3 Å². The third-order valence-corrected chi connectivity index (χ3v) is 3.29. The highest BCUT2D eigenvalue weighted by atomic mass is 79.9. The largest absolute Gasteiger partial charge is 0.284 e. The Kier molecular flexibility index (Phi) is 3.90. The van der Waals surface area contributed by atoms with Gasteiger partial charge in [0.25, 0.3) is 0 Å². The highest BCUT2D eigenvalue weighted by Gasteiger charge is 2.05. The molecule has 5 heteroatoms. The van der Waals surface area contributed by atoms with Crippen molar-refractivity contribution in [2.75, 3.05) is 7.05 Å². The molecule has 2 N–H and O–H groups in total. The van der Waals surface area contributed by atoms with Crippen LogP contribution in [0.15, 0.2) is 15.9 Å². The Balaban J connectivity index is 2.39. The van der Waals surface area contributed by atoms with Gasteiger partial charge in [0.2, 0.25) is 5.91 Å². The Hall–Kier alpha value is -0.390. The van der Waals surface area contributed by atoms with Crippen molar-refractivity contribution in [3.8, 4) is 0 Å². The third-order valence-electron chi connectivity index (χ3n) is 1.61. The van der Waals surface area contributed by atoms with Crippen LogP contribution < -0.4 is 5.84 Å². The van der Waals surface area contributed by atoms with E-state index in [4.69, 9.17) is 5.84 Å². The number of thiophene rings is 1. The molecule has 0 aliphatic carbocycles. The van der Waals surface area contributed by atoms with Crippen LogP contribution in [0, 0.1) is 0 Å². The van der Waals surface area contributed by atoms with E-state index in [1.807, 2.05) is 12.1 Å². The van der Waals surface area contributed by atoms with Gasteiger partial charge in [-0.25, -0.2) is 5.84 Å².